The molecule has 4 rings (SSSR count). The van der Waals surface area contributed by atoms with Crippen LogP contribution >= 0.6 is 11.8 Å². The summed E-state index contributed by atoms with van der Waals surface area (Å²) in [7, 11) is 0. The Kier molecular flexibility index (Phi) is 5.37. The van der Waals surface area contributed by atoms with E-state index in [0.717, 1.165) is 22.1 Å². The molecule has 27 heavy (non-hydrogen) atoms. The van der Waals surface area contributed by atoms with Gasteiger partial charge in [-0.3, -0.25) is 0 Å². The molecule has 0 saturated heterocycles. The summed E-state index contributed by atoms with van der Waals surface area (Å²) in [5.41, 5.74) is 0.872. The smallest absolute Gasteiger partial charge is 0.276 e. The van der Waals surface area contributed by atoms with Crippen LogP contribution in [0.5, 0.6) is 5.75 Å². The minimum absolute atomic E-state index is 0.199. The van der Waals surface area contributed by atoms with E-state index in [2.05, 4.69) is 16.3 Å². The zero-order chi connectivity index (χ0) is 18.5. The summed E-state index contributed by atoms with van der Waals surface area (Å²) in [6.45, 7) is 0.199. The molecule has 0 saturated carbocycles. The van der Waals surface area contributed by atoms with Crippen LogP contribution in [-0.2, 0) is 0 Å². The van der Waals surface area contributed by atoms with Crippen LogP contribution in [0.2, 0.25) is 0 Å². The van der Waals surface area contributed by atoms with Crippen molar-refractivity contribution in [2.75, 3.05) is 12.4 Å². The number of thioether (sulfide) groups is 1. The Morgan fingerprint density at radius 3 is 2.56 bits per heavy atom. The number of nitrogens with zero attached hydrogens (tertiary/aromatic N) is 2. The molecule has 1 atom stereocenters. The number of ether oxygens (including phenoxy) is 1. The van der Waals surface area contributed by atoms with E-state index in [0.29, 0.717) is 16.9 Å². The molecule has 5 nitrogen and oxygen atoms in total. The number of hydrogen-bond donors (Lipinski definition) is 1. The summed E-state index contributed by atoms with van der Waals surface area (Å²) in [6, 6.07) is 23.6. The molecular formula is C21H18N2O3S. The molecule has 136 valence electrons. The molecule has 0 aliphatic rings. The molecule has 0 spiro atoms. The maximum absolute atomic E-state index is 10.2. The molecule has 0 aliphatic carbocycles. The number of benzene rings is 3. The summed E-state index contributed by atoms with van der Waals surface area (Å²) in [4.78, 5) is 0. The minimum Gasteiger partial charge on any atom is -0.491 e. The van der Waals surface area contributed by atoms with Crippen molar-refractivity contribution < 1.29 is 14.3 Å². The van der Waals surface area contributed by atoms with E-state index in [1.165, 1.54) is 11.8 Å². The average Bonchev–Trinajstić information content (AvgIpc) is 3.20. The van der Waals surface area contributed by atoms with E-state index in [4.69, 9.17) is 9.15 Å². The van der Waals surface area contributed by atoms with Gasteiger partial charge in [0.25, 0.3) is 5.22 Å². The van der Waals surface area contributed by atoms with Gasteiger partial charge < -0.3 is 14.3 Å². The second-order valence-electron chi connectivity index (χ2n) is 6.02. The highest BCUT2D eigenvalue weighted by Crippen LogP contribution is 2.24. The third-order valence-electron chi connectivity index (χ3n) is 3.99. The number of hydrogen-bond acceptors (Lipinski definition) is 6. The molecule has 0 aliphatic heterocycles. The van der Waals surface area contributed by atoms with Gasteiger partial charge in [-0.1, -0.05) is 60.3 Å². The molecule has 1 heterocycles. The van der Waals surface area contributed by atoms with Crippen LogP contribution in [0.4, 0.5) is 0 Å². The SMILES string of the molecule is OC(COc1ccc2ccccc2c1)CSc1nnc(-c2ccccc2)o1. The van der Waals surface area contributed by atoms with Gasteiger partial charge in [0, 0.05) is 11.3 Å². The van der Waals surface area contributed by atoms with Crippen molar-refractivity contribution in [2.45, 2.75) is 11.3 Å². The molecule has 4 aromatic rings. The summed E-state index contributed by atoms with van der Waals surface area (Å²) >= 11 is 1.31. The zero-order valence-corrected chi connectivity index (χ0v) is 15.3. The Morgan fingerprint density at radius 1 is 0.926 bits per heavy atom. The summed E-state index contributed by atoms with van der Waals surface area (Å²) < 4.78 is 11.3. The van der Waals surface area contributed by atoms with Gasteiger partial charge in [-0.2, -0.15) is 0 Å². The predicted octanol–water partition coefficient (Wildman–Crippen LogP) is 4.42. The third-order valence-corrected chi connectivity index (χ3v) is 4.95. The van der Waals surface area contributed by atoms with Crippen LogP contribution in [-0.4, -0.2) is 33.8 Å². The van der Waals surface area contributed by atoms with Crippen molar-refractivity contribution in [3.63, 3.8) is 0 Å². The molecule has 6 heteroatoms. The monoisotopic (exact) mass is 378 g/mol. The highest BCUT2D eigenvalue weighted by Gasteiger charge is 2.12. The minimum atomic E-state index is -0.645. The van der Waals surface area contributed by atoms with Gasteiger partial charge in [0.15, 0.2) is 0 Å². The maximum Gasteiger partial charge on any atom is 0.276 e. The molecule has 3 aromatic carbocycles. The molecule has 0 amide bonds. The number of rotatable bonds is 7. The van der Waals surface area contributed by atoms with Crippen LogP contribution in [0.1, 0.15) is 0 Å². The fourth-order valence-electron chi connectivity index (χ4n) is 2.63. The Labute approximate surface area is 161 Å². The van der Waals surface area contributed by atoms with Gasteiger partial charge >= 0.3 is 0 Å². The lowest BCUT2D eigenvalue weighted by Gasteiger charge is -2.11. The second-order valence-corrected chi connectivity index (χ2v) is 7.00. The number of fused-ring (bicyclic) bond motifs is 1. The van der Waals surface area contributed by atoms with E-state index < -0.39 is 6.10 Å². The van der Waals surface area contributed by atoms with E-state index >= 15 is 0 Å². The highest BCUT2D eigenvalue weighted by atomic mass is 32.2. The van der Waals surface area contributed by atoms with E-state index in [1.54, 1.807) is 0 Å². The third kappa shape index (κ3) is 4.48. The first-order valence-electron chi connectivity index (χ1n) is 8.59. The first kappa shape index (κ1) is 17.6. The van der Waals surface area contributed by atoms with Crippen LogP contribution in [0.25, 0.3) is 22.2 Å². The number of aliphatic hydroxyl groups excluding tert-OH is 1. The normalized spacial score (nSPS) is 12.2. The number of aromatic nitrogens is 2. The predicted molar refractivity (Wildman–Crippen MR) is 106 cm³/mol. The Balaban J connectivity index is 1.29. The molecule has 0 fully saturated rings. The standard InChI is InChI=1S/C21H18N2O3S/c24-18(13-25-19-11-10-15-6-4-5-9-17(15)12-19)14-27-21-23-22-20(26-21)16-7-2-1-3-8-16/h1-12,18,24H,13-14H2. The summed E-state index contributed by atoms with van der Waals surface area (Å²) in [5, 5.41) is 20.9. The van der Waals surface area contributed by atoms with Crippen molar-refractivity contribution >= 4 is 22.5 Å². The Morgan fingerprint density at radius 2 is 1.70 bits per heavy atom. The van der Waals surface area contributed by atoms with Gasteiger partial charge in [-0.25, -0.2) is 0 Å². The zero-order valence-electron chi connectivity index (χ0n) is 14.5. The average molecular weight is 378 g/mol. The fourth-order valence-corrected chi connectivity index (χ4v) is 3.30. The van der Waals surface area contributed by atoms with Crippen molar-refractivity contribution in [3.8, 4) is 17.2 Å². The van der Waals surface area contributed by atoms with Gasteiger partial charge in [0.2, 0.25) is 5.89 Å². The van der Waals surface area contributed by atoms with Gasteiger partial charge in [-0.05, 0) is 35.0 Å². The molecular weight excluding hydrogens is 360 g/mol. The Bertz CT molecular complexity index is 1020. The number of aliphatic hydroxyl groups is 1. The maximum atomic E-state index is 10.2. The summed E-state index contributed by atoms with van der Waals surface area (Å²) in [5.74, 6) is 1.62. The lowest BCUT2D eigenvalue weighted by Crippen LogP contribution is -2.20. The van der Waals surface area contributed by atoms with Crippen molar-refractivity contribution in [2.24, 2.45) is 0 Å². The Hall–Kier alpha value is -2.83. The second kappa shape index (κ2) is 8.24. The van der Waals surface area contributed by atoms with Crippen LogP contribution in [0.15, 0.2) is 82.4 Å². The highest BCUT2D eigenvalue weighted by molar-refractivity contribution is 7.99. The molecule has 0 bridgehead atoms. The quantitative estimate of drug-likeness (QED) is 0.480. The fraction of sp³-hybridized carbons (Fsp3) is 0.143. The van der Waals surface area contributed by atoms with E-state index in [9.17, 15) is 5.11 Å². The van der Waals surface area contributed by atoms with Crippen LogP contribution in [0, 0.1) is 0 Å². The van der Waals surface area contributed by atoms with E-state index in [1.807, 2.05) is 66.7 Å². The van der Waals surface area contributed by atoms with Crippen LogP contribution in [0.3, 0.4) is 0 Å². The van der Waals surface area contributed by atoms with Crippen LogP contribution < -0.4 is 4.74 Å². The lowest BCUT2D eigenvalue weighted by molar-refractivity contribution is 0.126. The molecule has 1 aromatic heterocycles. The van der Waals surface area contributed by atoms with Crippen molar-refractivity contribution in [1.29, 1.82) is 0 Å². The topological polar surface area (TPSA) is 68.4 Å². The summed E-state index contributed by atoms with van der Waals surface area (Å²) in [6.07, 6.45) is -0.645. The first-order valence-corrected chi connectivity index (χ1v) is 9.58. The lowest BCUT2D eigenvalue weighted by atomic mass is 10.1. The molecule has 1 unspecified atom stereocenters. The van der Waals surface area contributed by atoms with Gasteiger partial charge in [0.1, 0.15) is 12.4 Å². The molecule has 1 N–H and O–H groups in total. The molecule has 0 radical (unpaired) electrons. The van der Waals surface area contributed by atoms with Gasteiger partial charge in [-0.15, -0.1) is 10.2 Å². The van der Waals surface area contributed by atoms with E-state index in [-0.39, 0.29) is 6.61 Å². The van der Waals surface area contributed by atoms with Gasteiger partial charge in [0.05, 0.1) is 6.10 Å². The first-order chi connectivity index (χ1) is 13.3. The van der Waals surface area contributed by atoms with Crippen molar-refractivity contribution in [1.82, 2.24) is 10.2 Å². The largest absolute Gasteiger partial charge is 0.491 e. The van der Waals surface area contributed by atoms with Crippen molar-refractivity contribution in [3.05, 3.63) is 72.8 Å².